The highest BCUT2D eigenvalue weighted by atomic mass is 16.3. The first-order valence-corrected chi connectivity index (χ1v) is 4.81. The van der Waals surface area contributed by atoms with Crippen LogP contribution in [0.3, 0.4) is 0 Å². The number of aromatic amines is 1. The minimum absolute atomic E-state index is 0.238. The number of nitrogens with zero attached hydrogens (tertiary/aromatic N) is 3. The van der Waals surface area contributed by atoms with Crippen LogP contribution in [-0.4, -0.2) is 25.0 Å². The molecule has 2 N–H and O–H groups in total. The molecular formula is C10H10N4O2. The summed E-state index contributed by atoms with van der Waals surface area (Å²) in [4.78, 5) is 25.7. The Balaban J connectivity index is 2.57. The van der Waals surface area contributed by atoms with Crippen molar-refractivity contribution in [2.45, 2.75) is 13.3 Å². The Morgan fingerprint density at radius 2 is 2.31 bits per heavy atom. The second kappa shape index (κ2) is 4.09. The molecule has 16 heavy (non-hydrogen) atoms. The van der Waals surface area contributed by atoms with Crippen LogP contribution in [0.5, 0.6) is 5.88 Å². The van der Waals surface area contributed by atoms with Gasteiger partial charge in [0.05, 0.1) is 5.56 Å². The van der Waals surface area contributed by atoms with Crippen LogP contribution in [-0.2, 0) is 6.42 Å². The molecule has 0 saturated carbocycles. The average Bonchev–Trinajstić information content (AvgIpc) is 2.30. The highest BCUT2D eigenvalue weighted by molar-refractivity contribution is 5.48. The third-order valence-corrected chi connectivity index (χ3v) is 2.17. The number of aromatic hydroxyl groups is 1. The van der Waals surface area contributed by atoms with E-state index in [0.717, 1.165) is 0 Å². The van der Waals surface area contributed by atoms with Crippen LogP contribution in [0.25, 0.3) is 11.5 Å². The van der Waals surface area contributed by atoms with Crippen LogP contribution in [0.2, 0.25) is 0 Å². The van der Waals surface area contributed by atoms with E-state index in [1.807, 2.05) is 0 Å². The molecule has 0 amide bonds. The number of rotatable bonds is 2. The summed E-state index contributed by atoms with van der Waals surface area (Å²) in [7, 11) is 0. The Morgan fingerprint density at radius 3 is 2.88 bits per heavy atom. The van der Waals surface area contributed by atoms with Gasteiger partial charge in [-0.25, -0.2) is 9.97 Å². The second-order valence-electron chi connectivity index (χ2n) is 3.16. The fraction of sp³-hybridized carbons (Fsp3) is 0.200. The standard InChI is InChI=1S/C10H10N4O2/c1-2-6-9(15)13-8(14-10(6)16)7-3-4-11-5-12-7/h3-5H,2H2,1H3,(H2,13,14,15,16). The van der Waals surface area contributed by atoms with Crippen molar-refractivity contribution in [3.05, 3.63) is 34.5 Å². The monoisotopic (exact) mass is 218 g/mol. The van der Waals surface area contributed by atoms with Gasteiger partial charge in [0, 0.05) is 6.20 Å². The van der Waals surface area contributed by atoms with E-state index in [1.54, 1.807) is 13.0 Å². The first-order valence-electron chi connectivity index (χ1n) is 4.81. The molecule has 0 unspecified atom stereocenters. The number of nitrogens with one attached hydrogen (secondary N) is 1. The summed E-state index contributed by atoms with van der Waals surface area (Å²) in [6.45, 7) is 1.77. The van der Waals surface area contributed by atoms with E-state index < -0.39 is 0 Å². The quantitative estimate of drug-likeness (QED) is 0.765. The largest absolute Gasteiger partial charge is 0.493 e. The van der Waals surface area contributed by atoms with E-state index in [9.17, 15) is 9.90 Å². The Bertz CT molecular complexity index is 550. The average molecular weight is 218 g/mol. The van der Waals surface area contributed by atoms with Gasteiger partial charge in [0.15, 0.2) is 5.82 Å². The Morgan fingerprint density at radius 1 is 1.50 bits per heavy atom. The number of aromatic nitrogens is 4. The van der Waals surface area contributed by atoms with Crippen LogP contribution in [0.1, 0.15) is 12.5 Å². The van der Waals surface area contributed by atoms with E-state index in [-0.39, 0.29) is 22.8 Å². The van der Waals surface area contributed by atoms with Gasteiger partial charge < -0.3 is 10.1 Å². The number of hydrogen-bond donors (Lipinski definition) is 2. The molecule has 0 fully saturated rings. The highest BCUT2D eigenvalue weighted by Gasteiger charge is 2.10. The molecule has 2 heterocycles. The van der Waals surface area contributed by atoms with Gasteiger partial charge in [0.1, 0.15) is 12.0 Å². The van der Waals surface area contributed by atoms with Crippen LogP contribution in [0, 0.1) is 0 Å². The van der Waals surface area contributed by atoms with Crippen molar-refractivity contribution in [3.63, 3.8) is 0 Å². The predicted molar refractivity (Wildman–Crippen MR) is 56.9 cm³/mol. The van der Waals surface area contributed by atoms with Crippen LogP contribution < -0.4 is 5.56 Å². The molecule has 0 spiro atoms. The lowest BCUT2D eigenvalue weighted by molar-refractivity contribution is 0.444. The van der Waals surface area contributed by atoms with Gasteiger partial charge in [-0.3, -0.25) is 4.79 Å². The van der Waals surface area contributed by atoms with E-state index in [2.05, 4.69) is 19.9 Å². The Hall–Kier alpha value is -2.24. The normalized spacial score (nSPS) is 10.3. The second-order valence-corrected chi connectivity index (χ2v) is 3.16. The van der Waals surface area contributed by atoms with Gasteiger partial charge in [-0.05, 0) is 12.5 Å². The maximum absolute atomic E-state index is 11.6. The zero-order valence-electron chi connectivity index (χ0n) is 8.64. The molecule has 2 aromatic heterocycles. The molecule has 2 rings (SSSR count). The summed E-state index contributed by atoms with van der Waals surface area (Å²) in [5, 5.41) is 9.56. The molecule has 0 saturated heterocycles. The summed E-state index contributed by atoms with van der Waals surface area (Å²) in [6, 6.07) is 1.60. The molecule has 0 bridgehead atoms. The molecule has 0 aliphatic rings. The van der Waals surface area contributed by atoms with Crippen LogP contribution in [0.4, 0.5) is 0 Å². The van der Waals surface area contributed by atoms with Gasteiger partial charge in [0.2, 0.25) is 5.88 Å². The zero-order valence-corrected chi connectivity index (χ0v) is 8.64. The molecular weight excluding hydrogens is 208 g/mol. The summed E-state index contributed by atoms with van der Waals surface area (Å²) in [6.07, 6.45) is 3.31. The topological polar surface area (TPSA) is 91.8 Å². The van der Waals surface area contributed by atoms with E-state index >= 15 is 0 Å². The third-order valence-electron chi connectivity index (χ3n) is 2.17. The Kier molecular flexibility index (Phi) is 2.63. The third kappa shape index (κ3) is 1.77. The minimum Gasteiger partial charge on any atom is -0.493 e. The molecule has 0 aromatic carbocycles. The van der Waals surface area contributed by atoms with E-state index in [4.69, 9.17) is 0 Å². The number of H-pyrrole nitrogens is 1. The Labute approximate surface area is 91.1 Å². The molecule has 2 aromatic rings. The lowest BCUT2D eigenvalue weighted by atomic mass is 10.2. The summed E-state index contributed by atoms with van der Waals surface area (Å²) in [5.74, 6) is -0.0121. The fourth-order valence-corrected chi connectivity index (χ4v) is 1.36. The molecule has 0 aliphatic carbocycles. The van der Waals surface area contributed by atoms with Gasteiger partial charge in [0.25, 0.3) is 5.56 Å². The maximum atomic E-state index is 11.6. The summed E-state index contributed by atoms with van der Waals surface area (Å²) in [5.41, 5.74) is 0.395. The number of hydrogen-bond acceptors (Lipinski definition) is 5. The first-order chi connectivity index (χ1) is 7.72. The van der Waals surface area contributed by atoms with Crippen molar-refractivity contribution in [3.8, 4) is 17.4 Å². The SMILES string of the molecule is CCc1c(O)nc(-c2ccncn2)[nH]c1=O. The van der Waals surface area contributed by atoms with Crippen LogP contribution in [0.15, 0.2) is 23.4 Å². The minimum atomic E-state index is -0.344. The van der Waals surface area contributed by atoms with Gasteiger partial charge in [-0.15, -0.1) is 0 Å². The highest BCUT2D eigenvalue weighted by Crippen LogP contribution is 2.14. The van der Waals surface area contributed by atoms with Crippen LogP contribution >= 0.6 is 0 Å². The molecule has 0 atom stereocenters. The lowest BCUT2D eigenvalue weighted by Gasteiger charge is -2.03. The van der Waals surface area contributed by atoms with Crippen molar-refractivity contribution in [1.82, 2.24) is 19.9 Å². The predicted octanol–water partition coefficient (Wildman–Crippen LogP) is 0.495. The van der Waals surface area contributed by atoms with Gasteiger partial charge in [-0.1, -0.05) is 6.92 Å². The van der Waals surface area contributed by atoms with Crippen molar-refractivity contribution >= 4 is 0 Å². The molecule has 0 aliphatic heterocycles. The summed E-state index contributed by atoms with van der Waals surface area (Å²) >= 11 is 0. The van der Waals surface area contributed by atoms with Crippen molar-refractivity contribution in [1.29, 1.82) is 0 Å². The zero-order chi connectivity index (χ0) is 11.5. The van der Waals surface area contributed by atoms with Gasteiger partial charge in [-0.2, -0.15) is 4.98 Å². The fourth-order valence-electron chi connectivity index (χ4n) is 1.36. The smallest absolute Gasteiger partial charge is 0.258 e. The van der Waals surface area contributed by atoms with Crippen molar-refractivity contribution < 1.29 is 5.11 Å². The van der Waals surface area contributed by atoms with Crippen molar-refractivity contribution in [2.75, 3.05) is 0 Å². The molecule has 6 nitrogen and oxygen atoms in total. The molecule has 82 valence electrons. The van der Waals surface area contributed by atoms with Crippen molar-refractivity contribution in [2.24, 2.45) is 0 Å². The first kappa shape index (κ1) is 10.3. The molecule has 6 heteroatoms. The van der Waals surface area contributed by atoms with E-state index in [1.165, 1.54) is 12.5 Å². The van der Waals surface area contributed by atoms with E-state index in [0.29, 0.717) is 12.1 Å². The molecule has 0 radical (unpaired) electrons. The lowest BCUT2D eigenvalue weighted by Crippen LogP contribution is -2.14. The van der Waals surface area contributed by atoms with Gasteiger partial charge >= 0.3 is 0 Å². The summed E-state index contributed by atoms with van der Waals surface area (Å²) < 4.78 is 0. The maximum Gasteiger partial charge on any atom is 0.258 e.